The molecule has 1 atom stereocenters. The highest BCUT2D eigenvalue weighted by molar-refractivity contribution is 5.76. The summed E-state index contributed by atoms with van der Waals surface area (Å²) in [5, 5.41) is 8.96. The fourth-order valence-corrected chi connectivity index (χ4v) is 0.995. The van der Waals surface area contributed by atoms with Crippen LogP contribution in [0.1, 0.15) is 20.3 Å². The molecule has 1 aromatic heterocycles. The maximum absolute atomic E-state index is 10.9. The lowest BCUT2D eigenvalue weighted by Gasteiger charge is -2.24. The third kappa shape index (κ3) is 1.20. The monoisotopic (exact) mass is 168 g/mol. The molecule has 0 aliphatic heterocycles. The van der Waals surface area contributed by atoms with Gasteiger partial charge in [-0.25, -0.2) is 9.78 Å². The normalized spacial score (nSPS) is 15.5. The van der Waals surface area contributed by atoms with E-state index in [9.17, 15) is 4.79 Å². The third-order valence-electron chi connectivity index (χ3n) is 2.22. The Morgan fingerprint density at radius 3 is 2.75 bits per heavy atom. The zero-order chi connectivity index (χ0) is 9.19. The molecule has 0 fully saturated rings. The number of rotatable bonds is 3. The number of carbonyl (C=O) groups is 1. The van der Waals surface area contributed by atoms with Gasteiger partial charge in [0.05, 0.1) is 6.33 Å². The van der Waals surface area contributed by atoms with E-state index >= 15 is 0 Å². The van der Waals surface area contributed by atoms with Crippen molar-refractivity contribution in [2.75, 3.05) is 0 Å². The van der Waals surface area contributed by atoms with E-state index < -0.39 is 11.5 Å². The van der Waals surface area contributed by atoms with Gasteiger partial charge in [0.2, 0.25) is 0 Å². The molecular weight excluding hydrogens is 156 g/mol. The first kappa shape index (κ1) is 8.77. The molecule has 0 bridgehead atoms. The van der Waals surface area contributed by atoms with E-state index in [0.717, 1.165) is 0 Å². The molecule has 66 valence electrons. The summed E-state index contributed by atoms with van der Waals surface area (Å²) in [6.45, 7) is 3.52. The highest BCUT2D eigenvalue weighted by atomic mass is 16.4. The molecule has 12 heavy (non-hydrogen) atoms. The average Bonchev–Trinajstić information content (AvgIpc) is 2.54. The molecule has 4 heteroatoms. The van der Waals surface area contributed by atoms with Gasteiger partial charge in [-0.3, -0.25) is 0 Å². The first-order chi connectivity index (χ1) is 5.61. The molecule has 1 aromatic rings. The summed E-state index contributed by atoms with van der Waals surface area (Å²) in [4.78, 5) is 14.7. The maximum atomic E-state index is 10.9. The van der Waals surface area contributed by atoms with Crippen molar-refractivity contribution >= 4 is 5.97 Å². The van der Waals surface area contributed by atoms with Crippen molar-refractivity contribution in [3.05, 3.63) is 18.7 Å². The summed E-state index contributed by atoms with van der Waals surface area (Å²) in [6, 6.07) is 0. The fourth-order valence-electron chi connectivity index (χ4n) is 0.995. The smallest absolute Gasteiger partial charge is 0.329 e. The predicted octanol–water partition coefficient (Wildman–Crippen LogP) is 1.09. The van der Waals surface area contributed by atoms with Crippen LogP contribution in [0.15, 0.2) is 18.7 Å². The molecule has 1 rings (SSSR count). The minimum atomic E-state index is -0.865. The second-order valence-corrected chi connectivity index (χ2v) is 2.90. The van der Waals surface area contributed by atoms with Crippen molar-refractivity contribution in [2.45, 2.75) is 25.8 Å². The first-order valence-corrected chi connectivity index (χ1v) is 3.83. The average molecular weight is 168 g/mol. The number of imidazole rings is 1. The molecule has 0 amide bonds. The van der Waals surface area contributed by atoms with Crippen LogP contribution in [-0.2, 0) is 10.3 Å². The van der Waals surface area contributed by atoms with Crippen molar-refractivity contribution in [3.63, 3.8) is 0 Å². The van der Waals surface area contributed by atoms with Gasteiger partial charge >= 0.3 is 5.97 Å². The lowest BCUT2D eigenvalue weighted by Crippen LogP contribution is -2.37. The van der Waals surface area contributed by atoms with Crippen molar-refractivity contribution in [2.24, 2.45) is 0 Å². The number of carboxylic acid groups (broad SMARTS) is 1. The van der Waals surface area contributed by atoms with Crippen LogP contribution >= 0.6 is 0 Å². The maximum Gasteiger partial charge on any atom is 0.329 e. The Labute approximate surface area is 70.9 Å². The van der Waals surface area contributed by atoms with E-state index in [1.54, 1.807) is 23.9 Å². The lowest BCUT2D eigenvalue weighted by atomic mass is 9.99. The van der Waals surface area contributed by atoms with Crippen LogP contribution in [0.2, 0.25) is 0 Å². The molecule has 1 heterocycles. The van der Waals surface area contributed by atoms with Gasteiger partial charge in [0.15, 0.2) is 0 Å². The second-order valence-electron chi connectivity index (χ2n) is 2.90. The summed E-state index contributed by atoms with van der Waals surface area (Å²) in [5.41, 5.74) is -0.865. The molecule has 4 nitrogen and oxygen atoms in total. The van der Waals surface area contributed by atoms with Crippen LogP contribution in [0.25, 0.3) is 0 Å². The van der Waals surface area contributed by atoms with Crippen LogP contribution in [0.4, 0.5) is 0 Å². The first-order valence-electron chi connectivity index (χ1n) is 3.83. The minimum Gasteiger partial charge on any atom is -0.479 e. The fraction of sp³-hybridized carbons (Fsp3) is 0.500. The standard InChI is InChI=1S/C8H12N2O2/c1-3-8(2,7(11)12)10-5-4-9-6-10/h4-6H,3H2,1-2H3,(H,11,12). The van der Waals surface area contributed by atoms with Gasteiger partial charge in [-0.05, 0) is 13.3 Å². The number of nitrogens with zero attached hydrogens (tertiary/aromatic N) is 2. The van der Waals surface area contributed by atoms with Crippen molar-refractivity contribution < 1.29 is 9.90 Å². The molecule has 1 N–H and O–H groups in total. The highest BCUT2D eigenvalue weighted by Crippen LogP contribution is 2.19. The summed E-state index contributed by atoms with van der Waals surface area (Å²) >= 11 is 0. The Morgan fingerprint density at radius 2 is 2.42 bits per heavy atom. The predicted molar refractivity (Wildman–Crippen MR) is 43.8 cm³/mol. The van der Waals surface area contributed by atoms with E-state index in [0.29, 0.717) is 6.42 Å². The van der Waals surface area contributed by atoms with Gasteiger partial charge in [0, 0.05) is 12.4 Å². The number of carboxylic acids is 1. The van der Waals surface area contributed by atoms with E-state index in [2.05, 4.69) is 4.98 Å². The van der Waals surface area contributed by atoms with Gasteiger partial charge in [-0.2, -0.15) is 0 Å². The summed E-state index contributed by atoms with van der Waals surface area (Å²) < 4.78 is 1.61. The number of aromatic nitrogens is 2. The SMILES string of the molecule is CCC(C)(C(=O)O)n1ccnc1. The summed E-state index contributed by atoms with van der Waals surface area (Å²) in [6.07, 6.45) is 5.31. The molecule has 0 saturated carbocycles. The zero-order valence-electron chi connectivity index (χ0n) is 7.19. The highest BCUT2D eigenvalue weighted by Gasteiger charge is 2.32. The molecule has 0 spiro atoms. The van der Waals surface area contributed by atoms with Gasteiger partial charge in [-0.15, -0.1) is 0 Å². The van der Waals surface area contributed by atoms with Crippen molar-refractivity contribution in [3.8, 4) is 0 Å². The summed E-state index contributed by atoms with van der Waals surface area (Å²) in [5.74, 6) is -0.831. The molecule has 0 radical (unpaired) electrons. The van der Waals surface area contributed by atoms with E-state index in [-0.39, 0.29) is 0 Å². The Morgan fingerprint density at radius 1 is 1.75 bits per heavy atom. The number of hydrogen-bond acceptors (Lipinski definition) is 2. The van der Waals surface area contributed by atoms with E-state index in [1.807, 2.05) is 6.92 Å². The van der Waals surface area contributed by atoms with Crippen molar-refractivity contribution in [1.29, 1.82) is 0 Å². The molecule has 1 unspecified atom stereocenters. The van der Waals surface area contributed by atoms with Gasteiger partial charge in [0.25, 0.3) is 0 Å². The topological polar surface area (TPSA) is 55.1 Å². The van der Waals surface area contributed by atoms with Gasteiger partial charge < -0.3 is 9.67 Å². The quantitative estimate of drug-likeness (QED) is 0.735. The van der Waals surface area contributed by atoms with Crippen molar-refractivity contribution in [1.82, 2.24) is 9.55 Å². The van der Waals surface area contributed by atoms with Crippen LogP contribution < -0.4 is 0 Å². The van der Waals surface area contributed by atoms with E-state index in [4.69, 9.17) is 5.11 Å². The van der Waals surface area contributed by atoms with E-state index in [1.165, 1.54) is 6.33 Å². The van der Waals surface area contributed by atoms with Crippen LogP contribution in [0.5, 0.6) is 0 Å². The summed E-state index contributed by atoms with van der Waals surface area (Å²) in [7, 11) is 0. The lowest BCUT2D eigenvalue weighted by molar-refractivity contribution is -0.146. The third-order valence-corrected chi connectivity index (χ3v) is 2.22. The Balaban J connectivity index is 3.04. The van der Waals surface area contributed by atoms with Gasteiger partial charge in [0.1, 0.15) is 5.54 Å². The molecule has 0 aliphatic carbocycles. The van der Waals surface area contributed by atoms with Crippen LogP contribution in [0, 0.1) is 0 Å². The van der Waals surface area contributed by atoms with Crippen LogP contribution in [-0.4, -0.2) is 20.6 Å². The number of aliphatic carboxylic acids is 1. The Kier molecular flexibility index (Phi) is 2.17. The minimum absolute atomic E-state index is 0.540. The zero-order valence-corrected chi connectivity index (χ0v) is 7.19. The number of hydrogen-bond donors (Lipinski definition) is 1. The largest absolute Gasteiger partial charge is 0.479 e. The Hall–Kier alpha value is -1.32. The van der Waals surface area contributed by atoms with Gasteiger partial charge in [-0.1, -0.05) is 6.92 Å². The molecule has 0 saturated heterocycles. The Bertz CT molecular complexity index is 269. The molecular formula is C8H12N2O2. The second kappa shape index (κ2) is 2.97. The molecule has 0 aromatic carbocycles. The molecule has 0 aliphatic rings. The van der Waals surface area contributed by atoms with Crippen LogP contribution in [0.3, 0.4) is 0 Å².